The van der Waals surface area contributed by atoms with Gasteiger partial charge in [0.15, 0.2) is 19.7 Å². The Hall–Kier alpha value is -5.17. The van der Waals surface area contributed by atoms with Crippen LogP contribution in [0.4, 0.5) is 11.4 Å². The molecule has 0 saturated carbocycles. The molecule has 0 aliphatic carbocycles. The van der Waals surface area contributed by atoms with E-state index >= 15 is 0 Å². The molecular formula is C36H32Cl2CoN6O8S2. The number of sulfone groups is 2. The predicted octanol–water partition coefficient (Wildman–Crippen LogP) is 6.80. The number of phenols is 2. The average Bonchev–Trinajstić information content (AvgIpc) is 3.55. The summed E-state index contributed by atoms with van der Waals surface area (Å²) < 4.78 is 49.3. The first-order chi connectivity index (χ1) is 25.3. The van der Waals surface area contributed by atoms with E-state index in [0.29, 0.717) is 43.9 Å². The fourth-order valence-electron chi connectivity index (χ4n) is 4.88. The first-order valence-electron chi connectivity index (χ1n) is 15.6. The summed E-state index contributed by atoms with van der Waals surface area (Å²) in [7, 11) is -6.88. The molecule has 0 bridgehead atoms. The van der Waals surface area contributed by atoms with Crippen LogP contribution in [0.2, 0.25) is 10.0 Å². The van der Waals surface area contributed by atoms with Crippen LogP contribution in [-0.2, 0) is 36.5 Å². The maximum atomic E-state index is 11.7. The number of aromatic hydroxyl groups is 4. The monoisotopic (exact) mass is 869 g/mol. The summed E-state index contributed by atoms with van der Waals surface area (Å²) in [5, 5.41) is 50.4. The van der Waals surface area contributed by atoms with Gasteiger partial charge in [0, 0.05) is 51.8 Å². The fraction of sp³-hybridized carbons (Fsp3) is 0.111. The molecule has 0 aliphatic rings. The van der Waals surface area contributed by atoms with Gasteiger partial charge >= 0.3 is 0 Å². The molecule has 4 aromatic carbocycles. The summed E-state index contributed by atoms with van der Waals surface area (Å²) in [5.41, 5.74) is 2.93. The maximum Gasteiger partial charge on any atom is 0.223 e. The topological polar surface area (TPSA) is 210 Å². The SMILES string of the molecule is Cc1nn(-c2cccc(Cl)c2)c(O)c1C=Nc1cc(S(C)(=O)=O)ccc1O.Cc1nn(-c2cccc(Cl)c2)c(O)c1C=Nc1cc(S(C)(=O)=O)ccc1O.[Co]. The summed E-state index contributed by atoms with van der Waals surface area (Å²) in [6.45, 7) is 3.38. The van der Waals surface area contributed by atoms with E-state index in [0.717, 1.165) is 12.5 Å². The molecule has 14 nitrogen and oxygen atoms in total. The minimum atomic E-state index is -3.44. The van der Waals surface area contributed by atoms with E-state index < -0.39 is 19.7 Å². The number of aromatic nitrogens is 4. The summed E-state index contributed by atoms with van der Waals surface area (Å²) in [5.74, 6) is -0.675. The van der Waals surface area contributed by atoms with E-state index in [9.17, 15) is 37.3 Å². The number of benzene rings is 4. The van der Waals surface area contributed by atoms with Crippen molar-refractivity contribution < 1.29 is 54.0 Å². The Morgan fingerprint density at radius 2 is 0.964 bits per heavy atom. The van der Waals surface area contributed by atoms with Crippen LogP contribution in [0.1, 0.15) is 22.5 Å². The van der Waals surface area contributed by atoms with Gasteiger partial charge in [-0.3, -0.25) is 9.98 Å². The Kier molecular flexibility index (Phi) is 13.2. The van der Waals surface area contributed by atoms with Gasteiger partial charge in [0.2, 0.25) is 11.8 Å². The maximum absolute atomic E-state index is 11.7. The summed E-state index contributed by atoms with van der Waals surface area (Å²) in [6, 6.07) is 21.3. The van der Waals surface area contributed by atoms with Crippen molar-refractivity contribution in [2.75, 3.05) is 12.5 Å². The first-order valence-corrected chi connectivity index (χ1v) is 20.1. The van der Waals surface area contributed by atoms with Crippen molar-refractivity contribution in [2.45, 2.75) is 23.6 Å². The molecule has 55 heavy (non-hydrogen) atoms. The van der Waals surface area contributed by atoms with E-state index in [2.05, 4.69) is 20.2 Å². The molecule has 19 heteroatoms. The number of halogens is 2. The summed E-state index contributed by atoms with van der Waals surface area (Å²) >= 11 is 12.0. The summed E-state index contributed by atoms with van der Waals surface area (Å²) in [6.07, 6.45) is 4.77. The Balaban J connectivity index is 0.000000240. The second kappa shape index (κ2) is 17.1. The molecule has 2 aromatic heterocycles. The number of hydrogen-bond donors (Lipinski definition) is 4. The number of aryl methyl sites for hydroxylation is 2. The van der Waals surface area contributed by atoms with E-state index in [1.807, 2.05) is 0 Å². The quantitative estimate of drug-likeness (QED) is 0.118. The molecule has 6 rings (SSSR count). The van der Waals surface area contributed by atoms with E-state index in [4.69, 9.17) is 23.2 Å². The standard InChI is InChI=1S/2C18H16ClN3O4S.Co/c2*1-11-15(18(24)22(21-11)13-5-3-4-12(19)8-13)10-20-16-9-14(27(2,25)26)6-7-17(16)23;/h2*3-10,23-24H,1-2H3;. The molecule has 0 saturated heterocycles. The fourth-order valence-corrected chi connectivity index (χ4v) is 6.53. The van der Waals surface area contributed by atoms with Crippen LogP contribution in [0, 0.1) is 13.8 Å². The molecule has 4 N–H and O–H groups in total. The molecule has 289 valence electrons. The van der Waals surface area contributed by atoms with Crippen molar-refractivity contribution in [3.8, 4) is 34.6 Å². The van der Waals surface area contributed by atoms with Crippen LogP contribution in [0.15, 0.2) is 105 Å². The second-order valence-corrected chi connectivity index (χ2v) is 16.7. The van der Waals surface area contributed by atoms with Crippen molar-refractivity contribution in [1.29, 1.82) is 0 Å². The zero-order valence-electron chi connectivity index (χ0n) is 29.2. The number of phenolic OH excluding ortho intramolecular Hbond substituents is 2. The zero-order valence-corrected chi connectivity index (χ0v) is 33.4. The van der Waals surface area contributed by atoms with Gasteiger partial charge in [0.25, 0.3) is 0 Å². The van der Waals surface area contributed by atoms with Gasteiger partial charge in [-0.05, 0) is 86.6 Å². The Labute approximate surface area is 336 Å². The van der Waals surface area contributed by atoms with E-state index in [-0.39, 0.29) is 61.2 Å². The number of rotatable bonds is 8. The van der Waals surface area contributed by atoms with E-state index in [1.54, 1.807) is 62.4 Å². The van der Waals surface area contributed by atoms with E-state index in [1.165, 1.54) is 58.2 Å². The third-order valence-electron chi connectivity index (χ3n) is 7.68. The first kappa shape index (κ1) is 42.6. The van der Waals surface area contributed by atoms with Gasteiger partial charge in [-0.15, -0.1) is 0 Å². The van der Waals surface area contributed by atoms with Crippen LogP contribution >= 0.6 is 23.2 Å². The molecule has 0 fully saturated rings. The third-order valence-corrected chi connectivity index (χ3v) is 10.4. The Bertz CT molecular complexity index is 2500. The molecule has 0 spiro atoms. The third kappa shape index (κ3) is 10.1. The number of nitrogens with zero attached hydrogens (tertiary/aromatic N) is 6. The second-order valence-electron chi connectivity index (χ2n) is 11.8. The molecule has 0 atom stereocenters. The van der Waals surface area contributed by atoms with Gasteiger partial charge in [-0.1, -0.05) is 35.3 Å². The van der Waals surface area contributed by atoms with Crippen molar-refractivity contribution in [1.82, 2.24) is 19.6 Å². The van der Waals surface area contributed by atoms with Gasteiger partial charge < -0.3 is 20.4 Å². The average molecular weight is 871 g/mol. The molecular weight excluding hydrogens is 838 g/mol. The van der Waals surface area contributed by atoms with Crippen LogP contribution in [-0.4, -0.2) is 81.8 Å². The smallest absolute Gasteiger partial charge is 0.223 e. The zero-order chi connectivity index (χ0) is 39.5. The molecule has 0 amide bonds. The van der Waals surface area contributed by atoms with Crippen molar-refractivity contribution in [3.63, 3.8) is 0 Å². The van der Waals surface area contributed by atoms with Crippen LogP contribution in [0.25, 0.3) is 11.4 Å². The van der Waals surface area contributed by atoms with Gasteiger partial charge in [0.1, 0.15) is 22.9 Å². The van der Waals surface area contributed by atoms with Crippen LogP contribution in [0.5, 0.6) is 23.3 Å². The van der Waals surface area contributed by atoms with Crippen LogP contribution < -0.4 is 0 Å². The van der Waals surface area contributed by atoms with Crippen molar-refractivity contribution in [2.24, 2.45) is 9.98 Å². The summed E-state index contributed by atoms with van der Waals surface area (Å²) in [4.78, 5) is 8.30. The van der Waals surface area contributed by atoms with Crippen molar-refractivity contribution in [3.05, 3.63) is 117 Å². The Morgan fingerprint density at radius 3 is 1.29 bits per heavy atom. The number of hydrogen-bond acceptors (Lipinski definition) is 12. The minimum absolute atomic E-state index is 0. The molecule has 2 heterocycles. The molecule has 1 radical (unpaired) electrons. The normalized spacial score (nSPS) is 11.7. The molecule has 0 aliphatic heterocycles. The largest absolute Gasteiger partial charge is 0.506 e. The molecule has 0 unspecified atom stereocenters. The minimum Gasteiger partial charge on any atom is -0.506 e. The molecule has 6 aromatic rings. The number of aliphatic imine (C=N–C) groups is 2. The van der Waals surface area contributed by atoms with Gasteiger partial charge in [0.05, 0.1) is 43.7 Å². The van der Waals surface area contributed by atoms with Gasteiger partial charge in [-0.2, -0.15) is 10.2 Å². The van der Waals surface area contributed by atoms with Crippen molar-refractivity contribution >= 4 is 66.7 Å². The predicted molar refractivity (Wildman–Crippen MR) is 207 cm³/mol. The van der Waals surface area contributed by atoms with Gasteiger partial charge in [-0.25, -0.2) is 26.2 Å². The van der Waals surface area contributed by atoms with Crippen LogP contribution in [0.3, 0.4) is 0 Å². The Morgan fingerprint density at radius 1 is 0.600 bits per heavy atom.